The van der Waals surface area contributed by atoms with Gasteiger partial charge in [-0.2, -0.15) is 4.98 Å². The van der Waals surface area contributed by atoms with E-state index in [9.17, 15) is 0 Å². The summed E-state index contributed by atoms with van der Waals surface area (Å²) >= 11 is 0. The SMILES string of the molecule is Cc1noc(CN2CCc3c(N)cccc3C2)n1. The molecule has 18 heavy (non-hydrogen) atoms. The molecule has 0 radical (unpaired) electrons. The summed E-state index contributed by atoms with van der Waals surface area (Å²) in [6.07, 6.45) is 0.981. The number of anilines is 1. The van der Waals surface area contributed by atoms with Gasteiger partial charge in [-0.15, -0.1) is 0 Å². The van der Waals surface area contributed by atoms with Crippen molar-refractivity contribution in [3.8, 4) is 0 Å². The van der Waals surface area contributed by atoms with Gasteiger partial charge in [-0.3, -0.25) is 4.90 Å². The highest BCUT2D eigenvalue weighted by Crippen LogP contribution is 2.24. The van der Waals surface area contributed by atoms with Gasteiger partial charge in [0, 0.05) is 18.8 Å². The lowest BCUT2D eigenvalue weighted by molar-refractivity contribution is 0.210. The van der Waals surface area contributed by atoms with E-state index in [4.69, 9.17) is 10.3 Å². The largest absolute Gasteiger partial charge is 0.398 e. The van der Waals surface area contributed by atoms with Crippen molar-refractivity contribution >= 4 is 5.69 Å². The van der Waals surface area contributed by atoms with Crippen molar-refractivity contribution in [1.82, 2.24) is 15.0 Å². The van der Waals surface area contributed by atoms with Gasteiger partial charge in [0.25, 0.3) is 0 Å². The molecule has 0 amide bonds. The number of rotatable bonds is 2. The molecule has 0 aliphatic carbocycles. The molecule has 0 unspecified atom stereocenters. The summed E-state index contributed by atoms with van der Waals surface area (Å²) < 4.78 is 5.15. The van der Waals surface area contributed by atoms with E-state index >= 15 is 0 Å². The molecule has 1 aliphatic heterocycles. The zero-order valence-corrected chi connectivity index (χ0v) is 10.4. The minimum Gasteiger partial charge on any atom is -0.398 e. The van der Waals surface area contributed by atoms with E-state index in [-0.39, 0.29) is 0 Å². The maximum absolute atomic E-state index is 5.98. The summed E-state index contributed by atoms with van der Waals surface area (Å²) in [7, 11) is 0. The molecule has 0 spiro atoms. The Bertz CT molecular complexity index is 564. The lowest BCUT2D eigenvalue weighted by Gasteiger charge is -2.28. The molecule has 0 saturated carbocycles. The first kappa shape index (κ1) is 11.2. The van der Waals surface area contributed by atoms with Gasteiger partial charge in [0.1, 0.15) is 0 Å². The number of fused-ring (bicyclic) bond motifs is 1. The van der Waals surface area contributed by atoms with Gasteiger partial charge in [-0.05, 0) is 30.5 Å². The number of nitrogens with two attached hydrogens (primary N) is 1. The van der Waals surface area contributed by atoms with E-state index in [0.717, 1.165) is 25.2 Å². The first-order chi connectivity index (χ1) is 8.72. The van der Waals surface area contributed by atoms with Crippen LogP contribution in [0.25, 0.3) is 0 Å². The molecule has 2 N–H and O–H groups in total. The molecule has 2 heterocycles. The van der Waals surface area contributed by atoms with Crippen LogP contribution in [0.1, 0.15) is 22.8 Å². The summed E-state index contributed by atoms with van der Waals surface area (Å²) in [5.41, 5.74) is 9.48. The van der Waals surface area contributed by atoms with Crippen LogP contribution in [0.5, 0.6) is 0 Å². The maximum atomic E-state index is 5.98. The predicted octanol–water partition coefficient (Wildman–Crippen LogP) is 1.52. The van der Waals surface area contributed by atoms with Gasteiger partial charge in [0.2, 0.25) is 5.89 Å². The van der Waals surface area contributed by atoms with Crippen LogP contribution in [-0.2, 0) is 19.5 Å². The van der Waals surface area contributed by atoms with Gasteiger partial charge in [0.15, 0.2) is 5.82 Å². The fourth-order valence-corrected chi connectivity index (χ4v) is 2.43. The van der Waals surface area contributed by atoms with E-state index in [0.29, 0.717) is 18.3 Å². The van der Waals surface area contributed by atoms with Crippen LogP contribution in [0.3, 0.4) is 0 Å². The summed E-state index contributed by atoms with van der Waals surface area (Å²) in [4.78, 5) is 6.53. The van der Waals surface area contributed by atoms with Crippen LogP contribution in [0.4, 0.5) is 5.69 Å². The molecular weight excluding hydrogens is 228 g/mol. The number of aromatic nitrogens is 2. The molecule has 0 saturated heterocycles. The number of hydrogen-bond donors (Lipinski definition) is 1. The van der Waals surface area contributed by atoms with Gasteiger partial charge in [0.05, 0.1) is 6.54 Å². The molecule has 5 heteroatoms. The minimum atomic E-state index is 0.680. The second-order valence-electron chi connectivity index (χ2n) is 4.68. The first-order valence-corrected chi connectivity index (χ1v) is 6.10. The molecule has 5 nitrogen and oxygen atoms in total. The highest BCUT2D eigenvalue weighted by Gasteiger charge is 2.19. The standard InChI is InChI=1S/C13H16N4O/c1-9-15-13(18-16-9)8-17-6-5-11-10(7-17)3-2-4-12(11)14/h2-4H,5-8,14H2,1H3. The molecule has 0 fully saturated rings. The van der Waals surface area contributed by atoms with Gasteiger partial charge < -0.3 is 10.3 Å². The second kappa shape index (κ2) is 4.42. The quantitative estimate of drug-likeness (QED) is 0.811. The lowest BCUT2D eigenvalue weighted by atomic mass is 9.98. The van der Waals surface area contributed by atoms with Gasteiger partial charge in [-0.1, -0.05) is 17.3 Å². The van der Waals surface area contributed by atoms with Crippen molar-refractivity contribution < 1.29 is 4.52 Å². The Kier molecular flexibility index (Phi) is 2.76. The van der Waals surface area contributed by atoms with Crippen LogP contribution in [-0.4, -0.2) is 21.6 Å². The van der Waals surface area contributed by atoms with Crippen LogP contribution in [0, 0.1) is 6.92 Å². The zero-order chi connectivity index (χ0) is 12.5. The lowest BCUT2D eigenvalue weighted by Crippen LogP contribution is -2.30. The number of hydrogen-bond acceptors (Lipinski definition) is 5. The number of aryl methyl sites for hydroxylation is 1. The molecule has 2 aromatic rings. The third kappa shape index (κ3) is 2.09. The maximum Gasteiger partial charge on any atom is 0.240 e. The monoisotopic (exact) mass is 244 g/mol. The highest BCUT2D eigenvalue weighted by atomic mass is 16.5. The highest BCUT2D eigenvalue weighted by molar-refractivity contribution is 5.51. The average Bonchev–Trinajstić information content (AvgIpc) is 2.75. The van der Waals surface area contributed by atoms with E-state index in [1.165, 1.54) is 11.1 Å². The van der Waals surface area contributed by atoms with Crippen LogP contribution >= 0.6 is 0 Å². The van der Waals surface area contributed by atoms with Crippen LogP contribution in [0.15, 0.2) is 22.7 Å². The van der Waals surface area contributed by atoms with Crippen molar-refractivity contribution in [1.29, 1.82) is 0 Å². The second-order valence-corrected chi connectivity index (χ2v) is 4.68. The molecule has 94 valence electrons. The molecule has 0 atom stereocenters. The van der Waals surface area contributed by atoms with Crippen molar-refractivity contribution in [3.05, 3.63) is 41.0 Å². The van der Waals surface area contributed by atoms with Crippen molar-refractivity contribution in [2.24, 2.45) is 0 Å². The van der Waals surface area contributed by atoms with Gasteiger partial charge >= 0.3 is 0 Å². The third-order valence-electron chi connectivity index (χ3n) is 3.31. The summed E-state index contributed by atoms with van der Waals surface area (Å²) in [5.74, 6) is 1.37. The summed E-state index contributed by atoms with van der Waals surface area (Å²) in [6.45, 7) is 4.40. The Morgan fingerprint density at radius 2 is 2.33 bits per heavy atom. The molecule has 0 bridgehead atoms. The number of nitrogens with zero attached hydrogens (tertiary/aromatic N) is 3. The summed E-state index contributed by atoms with van der Waals surface area (Å²) in [6, 6.07) is 6.11. The number of benzene rings is 1. The fourth-order valence-electron chi connectivity index (χ4n) is 2.43. The van der Waals surface area contributed by atoms with E-state index < -0.39 is 0 Å². The van der Waals surface area contributed by atoms with Crippen LogP contribution < -0.4 is 5.73 Å². The third-order valence-corrected chi connectivity index (χ3v) is 3.31. The van der Waals surface area contributed by atoms with E-state index in [2.05, 4.69) is 21.1 Å². The van der Waals surface area contributed by atoms with Gasteiger partial charge in [-0.25, -0.2) is 0 Å². The Hall–Kier alpha value is -1.88. The molecule has 1 aromatic heterocycles. The topological polar surface area (TPSA) is 68.2 Å². The van der Waals surface area contributed by atoms with Crippen LogP contribution in [0.2, 0.25) is 0 Å². The molecule has 1 aromatic carbocycles. The average molecular weight is 244 g/mol. The van der Waals surface area contributed by atoms with Crippen molar-refractivity contribution in [2.75, 3.05) is 12.3 Å². The Morgan fingerprint density at radius 3 is 3.11 bits per heavy atom. The first-order valence-electron chi connectivity index (χ1n) is 6.10. The fraction of sp³-hybridized carbons (Fsp3) is 0.385. The molecule has 1 aliphatic rings. The Morgan fingerprint density at radius 1 is 1.44 bits per heavy atom. The molecule has 3 rings (SSSR count). The Balaban J connectivity index is 1.75. The zero-order valence-electron chi connectivity index (χ0n) is 10.4. The minimum absolute atomic E-state index is 0.680. The van der Waals surface area contributed by atoms with Crippen molar-refractivity contribution in [2.45, 2.75) is 26.4 Å². The number of nitrogen functional groups attached to an aromatic ring is 1. The molecular formula is C13H16N4O. The normalized spacial score (nSPS) is 15.6. The Labute approximate surface area is 106 Å². The predicted molar refractivity (Wildman–Crippen MR) is 67.7 cm³/mol. The van der Waals surface area contributed by atoms with E-state index in [1.54, 1.807) is 0 Å². The van der Waals surface area contributed by atoms with Crippen molar-refractivity contribution in [3.63, 3.8) is 0 Å². The smallest absolute Gasteiger partial charge is 0.240 e. The summed E-state index contributed by atoms with van der Waals surface area (Å²) in [5, 5.41) is 3.81. The van der Waals surface area contributed by atoms with E-state index in [1.807, 2.05) is 19.1 Å².